The molecule has 0 aromatic rings. The molecule has 2 aliphatic carbocycles. The molecule has 0 radical (unpaired) electrons. The van der Waals surface area contributed by atoms with Gasteiger partial charge in [-0.2, -0.15) is 0 Å². The first-order valence-electron chi connectivity index (χ1n) is 3.81. The molecule has 2 aliphatic rings. The van der Waals surface area contributed by atoms with E-state index < -0.39 is 0 Å². The van der Waals surface area contributed by atoms with Gasteiger partial charge in [0.2, 0.25) is 0 Å². The SMILES string of the molecule is C=C([O-])C1CC2C=CC1C2. The minimum absolute atomic E-state index is 0.136. The second kappa shape index (κ2) is 1.88. The van der Waals surface area contributed by atoms with Gasteiger partial charge < -0.3 is 5.11 Å². The number of rotatable bonds is 1. The highest BCUT2D eigenvalue weighted by atomic mass is 16.3. The summed E-state index contributed by atoms with van der Waals surface area (Å²) in [6, 6.07) is 0. The van der Waals surface area contributed by atoms with Crippen LogP contribution in [0.1, 0.15) is 12.8 Å². The molecule has 0 aromatic carbocycles. The maximum Gasteiger partial charge on any atom is -0.0171 e. The van der Waals surface area contributed by atoms with Crippen LogP contribution in [0.5, 0.6) is 0 Å². The van der Waals surface area contributed by atoms with Gasteiger partial charge in [-0.3, -0.25) is 0 Å². The smallest absolute Gasteiger partial charge is 0.0171 e. The van der Waals surface area contributed by atoms with E-state index in [1.54, 1.807) is 0 Å². The van der Waals surface area contributed by atoms with Gasteiger partial charge in [0.05, 0.1) is 0 Å². The Hall–Kier alpha value is -0.720. The van der Waals surface area contributed by atoms with E-state index in [0.29, 0.717) is 11.8 Å². The van der Waals surface area contributed by atoms with E-state index in [2.05, 4.69) is 18.7 Å². The summed E-state index contributed by atoms with van der Waals surface area (Å²) in [4.78, 5) is 0. The predicted molar refractivity (Wildman–Crippen MR) is 38.0 cm³/mol. The fraction of sp³-hybridized carbons (Fsp3) is 0.556. The summed E-state index contributed by atoms with van der Waals surface area (Å²) in [6.45, 7) is 3.47. The molecule has 2 rings (SSSR count). The lowest BCUT2D eigenvalue weighted by Crippen LogP contribution is -2.18. The molecular formula is C9H11O-. The number of hydrogen-bond acceptors (Lipinski definition) is 1. The van der Waals surface area contributed by atoms with Crippen LogP contribution in [0.4, 0.5) is 0 Å². The zero-order chi connectivity index (χ0) is 7.14. The Labute approximate surface area is 61.1 Å². The standard InChI is InChI=1S/C9H12O/c1-6(10)9-5-7-2-3-8(9)4-7/h2-3,7-10H,1,4-5H2/p-1. The number of fused-ring (bicyclic) bond motifs is 2. The number of allylic oxidation sites excluding steroid dienone is 3. The predicted octanol–water partition coefficient (Wildman–Crippen LogP) is 1.07. The van der Waals surface area contributed by atoms with Crippen LogP contribution < -0.4 is 5.11 Å². The van der Waals surface area contributed by atoms with Crippen LogP contribution in [0.3, 0.4) is 0 Å². The van der Waals surface area contributed by atoms with Crippen LogP contribution in [-0.2, 0) is 0 Å². The number of hydrogen-bond donors (Lipinski definition) is 0. The van der Waals surface area contributed by atoms with Gasteiger partial charge in [-0.05, 0) is 30.6 Å². The molecule has 1 saturated carbocycles. The Morgan fingerprint density at radius 1 is 1.40 bits per heavy atom. The minimum atomic E-state index is 0.136. The van der Waals surface area contributed by atoms with Crippen molar-refractivity contribution in [3.63, 3.8) is 0 Å². The van der Waals surface area contributed by atoms with Gasteiger partial charge in [-0.1, -0.05) is 12.2 Å². The van der Waals surface area contributed by atoms with Gasteiger partial charge in [0, 0.05) is 0 Å². The fourth-order valence-electron chi connectivity index (χ4n) is 2.15. The van der Waals surface area contributed by atoms with Crippen molar-refractivity contribution in [1.29, 1.82) is 0 Å². The third-order valence-electron chi connectivity index (χ3n) is 2.69. The molecule has 0 spiro atoms. The van der Waals surface area contributed by atoms with E-state index in [9.17, 15) is 5.11 Å². The fourth-order valence-corrected chi connectivity index (χ4v) is 2.15. The Morgan fingerprint density at radius 2 is 2.20 bits per heavy atom. The summed E-state index contributed by atoms with van der Waals surface area (Å²) in [5.41, 5.74) is 0. The van der Waals surface area contributed by atoms with Crippen LogP contribution in [0.25, 0.3) is 0 Å². The maximum absolute atomic E-state index is 10.9. The highest BCUT2D eigenvalue weighted by Crippen LogP contribution is 2.44. The average molecular weight is 135 g/mol. The molecule has 0 aromatic heterocycles. The lowest BCUT2D eigenvalue weighted by atomic mass is 9.92. The summed E-state index contributed by atoms with van der Waals surface area (Å²) in [5.74, 6) is 1.63. The molecule has 1 heteroatoms. The Bertz CT molecular complexity index is 193. The van der Waals surface area contributed by atoms with E-state index in [1.807, 2.05) is 0 Å². The minimum Gasteiger partial charge on any atom is -0.876 e. The van der Waals surface area contributed by atoms with Crippen LogP contribution in [0.2, 0.25) is 0 Å². The van der Waals surface area contributed by atoms with Crippen molar-refractivity contribution in [3.05, 3.63) is 24.5 Å². The van der Waals surface area contributed by atoms with Crippen LogP contribution >= 0.6 is 0 Å². The summed E-state index contributed by atoms with van der Waals surface area (Å²) < 4.78 is 0. The van der Waals surface area contributed by atoms with Gasteiger partial charge >= 0.3 is 0 Å². The molecule has 0 saturated heterocycles. The molecule has 0 aliphatic heterocycles. The Morgan fingerprint density at radius 3 is 2.50 bits per heavy atom. The summed E-state index contributed by atoms with van der Waals surface area (Å²) in [7, 11) is 0. The second-order valence-corrected chi connectivity index (χ2v) is 3.35. The van der Waals surface area contributed by atoms with E-state index in [1.165, 1.54) is 6.42 Å². The quantitative estimate of drug-likeness (QED) is 0.389. The molecule has 0 heterocycles. The van der Waals surface area contributed by atoms with Crippen molar-refractivity contribution < 1.29 is 5.11 Å². The van der Waals surface area contributed by atoms with Crippen LogP contribution in [0, 0.1) is 17.8 Å². The van der Waals surface area contributed by atoms with E-state index in [-0.39, 0.29) is 11.7 Å². The monoisotopic (exact) mass is 135 g/mol. The normalized spacial score (nSPS) is 42.6. The molecule has 1 fully saturated rings. The van der Waals surface area contributed by atoms with Crippen LogP contribution in [-0.4, -0.2) is 0 Å². The van der Waals surface area contributed by atoms with Crippen molar-refractivity contribution in [3.8, 4) is 0 Å². The molecule has 0 amide bonds. The summed E-state index contributed by atoms with van der Waals surface area (Å²) >= 11 is 0. The first kappa shape index (κ1) is 6.02. The van der Waals surface area contributed by atoms with Gasteiger partial charge in [-0.25, -0.2) is 0 Å². The highest BCUT2D eigenvalue weighted by Gasteiger charge is 2.34. The van der Waals surface area contributed by atoms with Gasteiger partial charge in [-0.15, -0.1) is 12.3 Å². The zero-order valence-corrected chi connectivity index (χ0v) is 5.92. The highest BCUT2D eigenvalue weighted by molar-refractivity contribution is 5.14. The van der Waals surface area contributed by atoms with Gasteiger partial charge in [0.15, 0.2) is 0 Å². The molecule has 2 bridgehead atoms. The van der Waals surface area contributed by atoms with E-state index in [0.717, 1.165) is 6.42 Å². The molecule has 3 unspecified atom stereocenters. The first-order valence-corrected chi connectivity index (χ1v) is 3.81. The Balaban J connectivity index is 2.16. The zero-order valence-electron chi connectivity index (χ0n) is 5.92. The topological polar surface area (TPSA) is 23.1 Å². The van der Waals surface area contributed by atoms with Crippen molar-refractivity contribution in [2.75, 3.05) is 0 Å². The van der Waals surface area contributed by atoms with Gasteiger partial charge in [0.25, 0.3) is 0 Å². The summed E-state index contributed by atoms with van der Waals surface area (Å²) in [6.07, 6.45) is 6.68. The Kier molecular flexibility index (Phi) is 1.13. The molecule has 0 N–H and O–H groups in total. The molecule has 1 nitrogen and oxygen atoms in total. The third-order valence-corrected chi connectivity index (χ3v) is 2.69. The van der Waals surface area contributed by atoms with Crippen molar-refractivity contribution >= 4 is 0 Å². The molecule has 10 heavy (non-hydrogen) atoms. The maximum atomic E-state index is 10.9. The molecular weight excluding hydrogens is 124 g/mol. The summed E-state index contributed by atoms with van der Waals surface area (Å²) in [5, 5.41) is 10.9. The van der Waals surface area contributed by atoms with E-state index in [4.69, 9.17) is 0 Å². The second-order valence-electron chi connectivity index (χ2n) is 3.35. The third kappa shape index (κ3) is 0.698. The van der Waals surface area contributed by atoms with Crippen molar-refractivity contribution in [1.82, 2.24) is 0 Å². The van der Waals surface area contributed by atoms with Gasteiger partial charge in [0.1, 0.15) is 0 Å². The first-order chi connectivity index (χ1) is 4.77. The van der Waals surface area contributed by atoms with E-state index >= 15 is 0 Å². The largest absolute Gasteiger partial charge is 0.876 e. The average Bonchev–Trinajstić information content (AvgIpc) is 2.44. The lowest BCUT2D eigenvalue weighted by molar-refractivity contribution is -0.315. The van der Waals surface area contributed by atoms with Crippen molar-refractivity contribution in [2.45, 2.75) is 12.8 Å². The molecule has 54 valence electrons. The molecule has 3 atom stereocenters. The van der Waals surface area contributed by atoms with Crippen molar-refractivity contribution in [2.24, 2.45) is 17.8 Å². The van der Waals surface area contributed by atoms with Crippen LogP contribution in [0.15, 0.2) is 24.5 Å². The lowest BCUT2D eigenvalue weighted by Gasteiger charge is -2.24.